The molecule has 2 aromatic carbocycles. The number of nitrogens with one attached hydrogen (secondary N) is 2. The molecule has 4 rings (SSSR count). The van der Waals surface area contributed by atoms with E-state index < -0.39 is 5.91 Å². The fourth-order valence-corrected chi connectivity index (χ4v) is 3.17. The minimum atomic E-state index is -0.477. The van der Waals surface area contributed by atoms with Gasteiger partial charge < -0.3 is 19.8 Å². The number of carbonyl (C=O) groups excluding carboxylic acids is 2. The maximum absolute atomic E-state index is 13.3. The smallest absolute Gasteiger partial charge is 0.255 e. The van der Waals surface area contributed by atoms with Crippen LogP contribution in [0.25, 0.3) is 16.9 Å². The van der Waals surface area contributed by atoms with Gasteiger partial charge in [-0.15, -0.1) is 0 Å². The molecule has 9 heteroatoms. The second kappa shape index (κ2) is 9.82. The number of furan rings is 1. The van der Waals surface area contributed by atoms with E-state index in [1.807, 2.05) is 0 Å². The zero-order valence-corrected chi connectivity index (χ0v) is 17.7. The van der Waals surface area contributed by atoms with Crippen molar-refractivity contribution in [2.24, 2.45) is 0 Å². The zero-order valence-electron chi connectivity index (χ0n) is 17.7. The molecule has 0 atom stereocenters. The van der Waals surface area contributed by atoms with Gasteiger partial charge >= 0.3 is 0 Å². The molecule has 0 aliphatic carbocycles. The summed E-state index contributed by atoms with van der Waals surface area (Å²) in [6, 6.07) is 16.3. The van der Waals surface area contributed by atoms with Crippen LogP contribution in [0.4, 0.5) is 4.39 Å². The van der Waals surface area contributed by atoms with E-state index in [-0.39, 0.29) is 30.4 Å². The first-order chi connectivity index (χ1) is 16.0. The van der Waals surface area contributed by atoms with Crippen LogP contribution in [0.1, 0.15) is 16.1 Å². The van der Waals surface area contributed by atoms with Crippen LogP contribution in [0.15, 0.2) is 77.5 Å². The zero-order chi connectivity index (χ0) is 23.2. The first-order valence-corrected chi connectivity index (χ1v) is 10.1. The van der Waals surface area contributed by atoms with Gasteiger partial charge in [-0.05, 0) is 48.5 Å². The molecule has 0 spiro atoms. The van der Waals surface area contributed by atoms with Gasteiger partial charge in [0.05, 0.1) is 37.7 Å². The van der Waals surface area contributed by atoms with Crippen LogP contribution < -0.4 is 15.4 Å². The van der Waals surface area contributed by atoms with E-state index in [2.05, 4.69) is 15.7 Å². The Bertz CT molecular complexity index is 1250. The number of aromatic nitrogens is 2. The molecule has 0 aliphatic rings. The summed E-state index contributed by atoms with van der Waals surface area (Å²) in [4.78, 5) is 25.1. The Labute approximate surface area is 189 Å². The number of nitrogens with zero attached hydrogens (tertiary/aromatic N) is 2. The molecule has 33 heavy (non-hydrogen) atoms. The molecule has 0 aliphatic heterocycles. The number of benzene rings is 2. The molecular weight excluding hydrogens is 427 g/mol. The third-order valence-corrected chi connectivity index (χ3v) is 4.84. The van der Waals surface area contributed by atoms with Crippen LogP contribution >= 0.6 is 0 Å². The lowest BCUT2D eigenvalue weighted by Gasteiger charge is -2.07. The van der Waals surface area contributed by atoms with Crippen molar-refractivity contribution in [1.29, 1.82) is 0 Å². The van der Waals surface area contributed by atoms with E-state index in [4.69, 9.17) is 9.15 Å². The Balaban J connectivity index is 1.56. The maximum Gasteiger partial charge on any atom is 0.255 e. The summed E-state index contributed by atoms with van der Waals surface area (Å²) in [5.41, 5.74) is 1.89. The number of halogens is 1. The maximum atomic E-state index is 13.3. The van der Waals surface area contributed by atoms with Gasteiger partial charge in [-0.1, -0.05) is 12.1 Å². The Morgan fingerprint density at radius 3 is 2.64 bits per heavy atom. The van der Waals surface area contributed by atoms with E-state index in [0.717, 1.165) is 0 Å². The van der Waals surface area contributed by atoms with Crippen LogP contribution in [0, 0.1) is 5.82 Å². The van der Waals surface area contributed by atoms with E-state index in [0.29, 0.717) is 28.5 Å². The molecule has 168 valence electrons. The molecule has 8 nitrogen and oxygen atoms in total. The summed E-state index contributed by atoms with van der Waals surface area (Å²) in [5.74, 6) is -0.0107. The third kappa shape index (κ3) is 5.27. The van der Waals surface area contributed by atoms with Gasteiger partial charge in [-0.25, -0.2) is 9.07 Å². The summed E-state index contributed by atoms with van der Waals surface area (Å²) in [6.45, 7) is -0.00190. The number of amides is 2. The van der Waals surface area contributed by atoms with Crippen LogP contribution in [0.3, 0.4) is 0 Å². The lowest BCUT2D eigenvalue weighted by molar-refractivity contribution is -0.120. The van der Waals surface area contributed by atoms with Gasteiger partial charge in [-0.3, -0.25) is 9.59 Å². The highest BCUT2D eigenvalue weighted by Crippen LogP contribution is 2.27. The highest BCUT2D eigenvalue weighted by Gasteiger charge is 2.20. The second-order valence-corrected chi connectivity index (χ2v) is 7.08. The van der Waals surface area contributed by atoms with E-state index in [1.54, 1.807) is 55.6 Å². The van der Waals surface area contributed by atoms with E-state index in [1.165, 1.54) is 29.3 Å². The minimum Gasteiger partial charge on any atom is -0.497 e. The quantitative estimate of drug-likeness (QED) is 0.431. The molecule has 2 amide bonds. The second-order valence-electron chi connectivity index (χ2n) is 7.08. The predicted octanol–water partition coefficient (Wildman–Crippen LogP) is 3.33. The number of methoxy groups -OCH3 is 1. The highest BCUT2D eigenvalue weighted by molar-refractivity contribution is 6.01. The van der Waals surface area contributed by atoms with Gasteiger partial charge in [0.2, 0.25) is 5.91 Å². The van der Waals surface area contributed by atoms with Crippen molar-refractivity contribution in [3.8, 4) is 22.7 Å². The summed E-state index contributed by atoms with van der Waals surface area (Å²) < 4.78 is 25.3. The molecule has 0 bridgehead atoms. The molecule has 2 heterocycles. The van der Waals surface area contributed by atoms with Crippen molar-refractivity contribution in [2.75, 3.05) is 13.7 Å². The highest BCUT2D eigenvalue weighted by atomic mass is 19.1. The van der Waals surface area contributed by atoms with Crippen molar-refractivity contribution >= 4 is 11.8 Å². The average molecular weight is 448 g/mol. The van der Waals surface area contributed by atoms with Gasteiger partial charge in [0, 0.05) is 11.8 Å². The number of carbonyl (C=O) groups is 2. The monoisotopic (exact) mass is 448 g/mol. The topological polar surface area (TPSA) is 98.4 Å². The van der Waals surface area contributed by atoms with Crippen molar-refractivity contribution in [1.82, 2.24) is 20.4 Å². The molecule has 0 unspecified atom stereocenters. The molecular formula is C24H21FN4O4. The van der Waals surface area contributed by atoms with Gasteiger partial charge in [0.15, 0.2) is 0 Å². The average Bonchev–Trinajstić information content (AvgIpc) is 3.52. The summed E-state index contributed by atoms with van der Waals surface area (Å²) in [5, 5.41) is 9.82. The molecule has 0 radical (unpaired) electrons. The first kappa shape index (κ1) is 21.8. The Morgan fingerprint density at radius 1 is 1.09 bits per heavy atom. The largest absolute Gasteiger partial charge is 0.497 e. The van der Waals surface area contributed by atoms with Crippen LogP contribution in [-0.2, 0) is 11.3 Å². The number of rotatable bonds is 8. The SMILES string of the molecule is COc1cccc(-c2nn(-c3ccc(F)cc3)cc2C(=O)NCC(=O)NCc2ccco2)c1. The Kier molecular flexibility index (Phi) is 6.49. The van der Waals surface area contributed by atoms with Crippen molar-refractivity contribution in [3.63, 3.8) is 0 Å². The fraction of sp³-hybridized carbons (Fsp3) is 0.125. The molecule has 2 aromatic heterocycles. The van der Waals surface area contributed by atoms with Crippen molar-refractivity contribution in [2.45, 2.75) is 6.54 Å². The number of ether oxygens (including phenoxy) is 1. The van der Waals surface area contributed by atoms with Gasteiger partial charge in [-0.2, -0.15) is 5.10 Å². The van der Waals surface area contributed by atoms with Crippen LogP contribution in [0.2, 0.25) is 0 Å². The van der Waals surface area contributed by atoms with Crippen molar-refractivity contribution < 1.29 is 23.1 Å². The standard InChI is InChI=1S/C24H21FN4O4/c1-32-19-5-2-4-16(12-19)23-21(15-29(28-23)18-9-7-17(25)8-10-18)24(31)27-14-22(30)26-13-20-6-3-11-33-20/h2-12,15H,13-14H2,1H3,(H,26,30)(H,27,31). The molecule has 0 fully saturated rings. The number of hydrogen-bond donors (Lipinski definition) is 2. The van der Waals surface area contributed by atoms with Crippen LogP contribution in [-0.4, -0.2) is 35.2 Å². The van der Waals surface area contributed by atoms with E-state index in [9.17, 15) is 14.0 Å². The molecule has 0 saturated carbocycles. The van der Waals surface area contributed by atoms with Crippen molar-refractivity contribution in [3.05, 3.63) is 90.3 Å². The van der Waals surface area contributed by atoms with Gasteiger partial charge in [0.1, 0.15) is 23.0 Å². The lowest BCUT2D eigenvalue weighted by atomic mass is 10.1. The lowest BCUT2D eigenvalue weighted by Crippen LogP contribution is -2.36. The number of hydrogen-bond acceptors (Lipinski definition) is 5. The van der Waals surface area contributed by atoms with E-state index >= 15 is 0 Å². The Hall–Kier alpha value is -4.40. The molecule has 0 saturated heterocycles. The minimum absolute atomic E-state index is 0.221. The predicted molar refractivity (Wildman–Crippen MR) is 118 cm³/mol. The molecule has 2 N–H and O–H groups in total. The normalized spacial score (nSPS) is 10.6. The summed E-state index contributed by atoms with van der Waals surface area (Å²) in [6.07, 6.45) is 3.06. The van der Waals surface area contributed by atoms with Gasteiger partial charge in [0.25, 0.3) is 5.91 Å². The molecule has 4 aromatic rings. The summed E-state index contributed by atoms with van der Waals surface area (Å²) in [7, 11) is 1.55. The first-order valence-electron chi connectivity index (χ1n) is 10.1. The Morgan fingerprint density at radius 2 is 1.91 bits per heavy atom. The van der Waals surface area contributed by atoms with Crippen LogP contribution in [0.5, 0.6) is 5.75 Å². The summed E-state index contributed by atoms with van der Waals surface area (Å²) >= 11 is 0. The third-order valence-electron chi connectivity index (χ3n) is 4.84. The fourth-order valence-electron chi connectivity index (χ4n) is 3.17.